The van der Waals surface area contributed by atoms with E-state index in [9.17, 15) is 5.11 Å². The first-order valence-electron chi connectivity index (χ1n) is 2.67. The summed E-state index contributed by atoms with van der Waals surface area (Å²) in [6, 6.07) is 0. The summed E-state index contributed by atoms with van der Waals surface area (Å²) in [6.07, 6.45) is 0. The third-order valence-electron chi connectivity index (χ3n) is 1.19. The fourth-order valence-electron chi connectivity index (χ4n) is 0.593. The number of hydrogen-bond acceptors (Lipinski definition) is 1. The zero-order chi connectivity index (χ0) is 9.46. The van der Waals surface area contributed by atoms with Crippen molar-refractivity contribution in [2.45, 2.75) is 0 Å². The van der Waals surface area contributed by atoms with Gasteiger partial charge in [0.15, 0.2) is 5.75 Å². The van der Waals surface area contributed by atoms with Crippen LogP contribution in [0.1, 0.15) is 0 Å². The second-order valence-corrected chi connectivity index (χ2v) is 3.81. The Bertz CT molecular complexity index is 240. The third kappa shape index (κ3) is 2.91. The molecule has 1 nitrogen and oxygen atoms in total. The largest absolute Gasteiger partial charge is 0.505 e. The molecule has 0 aromatic heterocycles. The normalized spacial score (nSPS) is 8.93. The van der Waals surface area contributed by atoms with Crippen molar-refractivity contribution in [1.29, 1.82) is 0 Å². The van der Waals surface area contributed by atoms with Gasteiger partial charge in [-0.3, -0.25) is 4.70 Å². The van der Waals surface area contributed by atoms with E-state index in [-0.39, 0.29) is 45.5 Å². The van der Waals surface area contributed by atoms with Gasteiger partial charge in [0.05, 0.1) is 15.1 Å². The van der Waals surface area contributed by atoms with E-state index in [1.54, 1.807) is 0 Å². The Hall–Kier alpha value is 0.830. The van der Waals surface area contributed by atoms with E-state index in [0.29, 0.717) is 0 Å². The maximum atomic E-state index is 9.20. The Morgan fingerprint density at radius 3 is 1.14 bits per heavy atom. The van der Waals surface area contributed by atoms with Gasteiger partial charge in [0, 0.05) is 0 Å². The number of hydrogen-bond donors (Lipinski definition) is 1. The van der Waals surface area contributed by atoms with Crippen molar-refractivity contribution in [1.82, 2.24) is 0 Å². The van der Waals surface area contributed by atoms with E-state index < -0.39 is 0 Å². The molecule has 0 aliphatic heterocycles. The van der Waals surface area contributed by atoms with E-state index in [1.165, 1.54) is 0 Å². The minimum atomic E-state index is -0.363. The van der Waals surface area contributed by atoms with Crippen LogP contribution in [0.3, 0.4) is 0 Å². The second-order valence-electron chi connectivity index (χ2n) is 1.92. The van der Waals surface area contributed by atoms with Crippen LogP contribution < -0.4 is 0 Å². The second kappa shape index (κ2) is 6.42. The fraction of sp³-hybridized carbons (Fsp3) is 0. The van der Waals surface area contributed by atoms with Gasteiger partial charge in [-0.1, -0.05) is 58.0 Å². The summed E-state index contributed by atoms with van der Waals surface area (Å²) in [7, 11) is 0. The number of benzene rings is 1. The van der Waals surface area contributed by atoms with Gasteiger partial charge >= 0.3 is 0 Å². The molecular formula is C6H5Cl5FOP. The monoisotopic (exact) mass is 318 g/mol. The third-order valence-corrected chi connectivity index (χ3v) is 3.44. The summed E-state index contributed by atoms with van der Waals surface area (Å²) < 4.78 is 0. The van der Waals surface area contributed by atoms with Crippen LogP contribution in [0.15, 0.2) is 0 Å². The molecule has 0 aliphatic rings. The average Bonchev–Trinajstić information content (AvgIpc) is 2.08. The molecule has 1 aromatic rings. The molecule has 1 atom stereocenters. The Morgan fingerprint density at radius 1 is 0.643 bits per heavy atom. The topological polar surface area (TPSA) is 20.2 Å². The molecule has 8 heteroatoms. The van der Waals surface area contributed by atoms with Crippen molar-refractivity contribution in [2.75, 3.05) is 0 Å². The highest BCUT2D eigenvalue weighted by Crippen LogP contribution is 2.47. The summed E-state index contributed by atoms with van der Waals surface area (Å²) >= 11 is 27.9. The summed E-state index contributed by atoms with van der Waals surface area (Å²) in [4.78, 5) is 0. The first-order chi connectivity index (χ1) is 5.46. The molecule has 0 radical (unpaired) electrons. The van der Waals surface area contributed by atoms with Crippen molar-refractivity contribution >= 4 is 67.9 Å². The van der Waals surface area contributed by atoms with Crippen LogP contribution in [0.4, 0.5) is 4.70 Å². The van der Waals surface area contributed by atoms with Crippen LogP contribution in [-0.4, -0.2) is 5.11 Å². The van der Waals surface area contributed by atoms with Gasteiger partial charge in [0.2, 0.25) is 0 Å². The van der Waals surface area contributed by atoms with Crippen molar-refractivity contribution in [3.05, 3.63) is 25.1 Å². The molecule has 1 N–H and O–H groups in total. The van der Waals surface area contributed by atoms with Gasteiger partial charge in [-0.15, -0.1) is 0 Å². The van der Waals surface area contributed by atoms with Gasteiger partial charge in [0.1, 0.15) is 10.0 Å². The zero-order valence-corrected chi connectivity index (χ0v) is 11.6. The number of rotatable bonds is 0. The average molecular weight is 320 g/mol. The van der Waals surface area contributed by atoms with Gasteiger partial charge < -0.3 is 5.11 Å². The minimum absolute atomic E-state index is 0. The number of phenolic OH excluding ortho intramolecular Hbond substituents is 1. The molecule has 1 aromatic carbocycles. The smallest absolute Gasteiger partial charge is 0.155 e. The quantitative estimate of drug-likeness (QED) is 0.411. The summed E-state index contributed by atoms with van der Waals surface area (Å²) in [5.41, 5.74) is 0. The molecule has 0 aliphatic carbocycles. The standard InChI is InChI=1S/C6HCl5O.FH.H3P/c7-1-2(8)4(10)6(12)5(11)3(1)9;;/h12H;1H;1H3. The first-order valence-corrected chi connectivity index (χ1v) is 4.56. The minimum Gasteiger partial charge on any atom is -0.505 e. The van der Waals surface area contributed by atoms with Crippen LogP contribution >= 0.6 is 67.9 Å². The molecule has 82 valence electrons. The molecule has 14 heavy (non-hydrogen) atoms. The first kappa shape index (κ1) is 17.2. The van der Waals surface area contributed by atoms with Gasteiger partial charge in [-0.2, -0.15) is 9.90 Å². The molecule has 0 spiro atoms. The Balaban J connectivity index is 0. The van der Waals surface area contributed by atoms with Crippen molar-refractivity contribution < 1.29 is 9.81 Å². The maximum absolute atomic E-state index is 9.20. The lowest BCUT2D eigenvalue weighted by Crippen LogP contribution is -1.78. The molecule has 0 bridgehead atoms. The van der Waals surface area contributed by atoms with Crippen LogP contribution in [-0.2, 0) is 0 Å². The maximum Gasteiger partial charge on any atom is 0.155 e. The molecule has 0 saturated carbocycles. The number of halogens is 6. The Morgan fingerprint density at radius 2 is 0.857 bits per heavy atom. The van der Waals surface area contributed by atoms with E-state index >= 15 is 0 Å². The highest BCUT2D eigenvalue weighted by Gasteiger charge is 2.17. The predicted octanol–water partition coefficient (Wildman–Crippen LogP) is 4.87. The van der Waals surface area contributed by atoms with E-state index in [4.69, 9.17) is 58.0 Å². The SMILES string of the molecule is F.Oc1c(Cl)c(Cl)c(Cl)c(Cl)c1Cl.P. The highest BCUT2D eigenvalue weighted by molar-refractivity contribution is 6.92. The summed E-state index contributed by atoms with van der Waals surface area (Å²) in [5.74, 6) is -0.363. The van der Waals surface area contributed by atoms with Gasteiger partial charge in [-0.05, 0) is 0 Å². The Kier molecular flexibility index (Phi) is 7.90. The van der Waals surface area contributed by atoms with Crippen LogP contribution in [0.5, 0.6) is 5.75 Å². The summed E-state index contributed by atoms with van der Waals surface area (Å²) in [5, 5.41) is 9.01. The fourth-order valence-corrected chi connectivity index (χ4v) is 1.72. The molecule has 0 fully saturated rings. The molecule has 0 saturated heterocycles. The summed E-state index contributed by atoms with van der Waals surface area (Å²) in [6.45, 7) is 0. The van der Waals surface area contributed by atoms with E-state index in [1.807, 2.05) is 0 Å². The number of aromatic hydroxyl groups is 1. The van der Waals surface area contributed by atoms with Crippen LogP contribution in [0.25, 0.3) is 0 Å². The Labute approximate surface area is 108 Å². The predicted molar refractivity (Wildman–Crippen MR) is 66.8 cm³/mol. The highest BCUT2D eigenvalue weighted by atomic mass is 35.5. The molecule has 1 rings (SSSR count). The lowest BCUT2D eigenvalue weighted by Gasteiger charge is -2.06. The van der Waals surface area contributed by atoms with Gasteiger partial charge in [-0.25, -0.2) is 0 Å². The molecule has 1 unspecified atom stereocenters. The van der Waals surface area contributed by atoms with Gasteiger partial charge in [0.25, 0.3) is 0 Å². The number of phenols is 1. The van der Waals surface area contributed by atoms with Crippen LogP contribution in [0.2, 0.25) is 25.1 Å². The molecule has 0 amide bonds. The lowest BCUT2D eigenvalue weighted by molar-refractivity contribution is 0.476. The molecular weight excluding hydrogens is 315 g/mol. The van der Waals surface area contributed by atoms with Crippen molar-refractivity contribution in [3.8, 4) is 5.75 Å². The van der Waals surface area contributed by atoms with Crippen molar-refractivity contribution in [2.24, 2.45) is 0 Å². The van der Waals surface area contributed by atoms with Crippen LogP contribution in [0, 0.1) is 0 Å². The lowest BCUT2D eigenvalue weighted by atomic mass is 10.3. The van der Waals surface area contributed by atoms with E-state index in [0.717, 1.165) is 0 Å². The van der Waals surface area contributed by atoms with Crippen molar-refractivity contribution in [3.63, 3.8) is 0 Å². The zero-order valence-electron chi connectivity index (χ0n) is 6.45. The van der Waals surface area contributed by atoms with E-state index in [2.05, 4.69) is 0 Å². The molecule has 0 heterocycles.